The predicted octanol–water partition coefficient (Wildman–Crippen LogP) is 3.50. The molecule has 1 aliphatic rings. The fraction of sp³-hybridized carbons (Fsp3) is 0.438. The Hall–Kier alpha value is -1.77. The van der Waals surface area contributed by atoms with Crippen molar-refractivity contribution < 1.29 is 0 Å². The quantitative estimate of drug-likeness (QED) is 0.793. The zero-order valence-electron chi connectivity index (χ0n) is 11.7. The Bertz CT molecular complexity index is 606. The molecule has 3 heteroatoms. The number of fused-ring (bicyclic) bond motifs is 1. The smallest absolute Gasteiger partial charge is 0.0451 e. The molecule has 0 radical (unpaired) electrons. The molecule has 1 unspecified atom stereocenters. The van der Waals surface area contributed by atoms with Crippen molar-refractivity contribution in [2.75, 3.05) is 17.2 Å². The highest BCUT2D eigenvalue weighted by molar-refractivity contribution is 6.01. The number of benzene rings is 1. The summed E-state index contributed by atoms with van der Waals surface area (Å²) in [6.45, 7) is 5.49. The first-order valence-electron chi connectivity index (χ1n) is 7.08. The number of nitrogens with zero attached hydrogens (tertiary/aromatic N) is 2. The molecule has 0 bridgehead atoms. The van der Waals surface area contributed by atoms with Gasteiger partial charge in [0.2, 0.25) is 0 Å². The van der Waals surface area contributed by atoms with Crippen molar-refractivity contribution in [2.24, 2.45) is 0 Å². The van der Waals surface area contributed by atoms with Crippen LogP contribution in [0.2, 0.25) is 0 Å². The molecule has 100 valence electrons. The molecule has 2 aromatic rings. The minimum atomic E-state index is 0.606. The monoisotopic (exact) mass is 255 g/mol. The Kier molecular flexibility index (Phi) is 3.05. The van der Waals surface area contributed by atoms with E-state index in [0.717, 1.165) is 23.3 Å². The number of rotatable bonds is 1. The minimum absolute atomic E-state index is 0.606. The Morgan fingerprint density at radius 3 is 2.89 bits per heavy atom. The van der Waals surface area contributed by atoms with Gasteiger partial charge >= 0.3 is 0 Å². The summed E-state index contributed by atoms with van der Waals surface area (Å²) < 4.78 is 0. The van der Waals surface area contributed by atoms with E-state index in [2.05, 4.69) is 28.9 Å². The summed E-state index contributed by atoms with van der Waals surface area (Å²) in [6, 6.07) is 6.94. The second-order valence-corrected chi connectivity index (χ2v) is 5.58. The van der Waals surface area contributed by atoms with Crippen LogP contribution in [-0.4, -0.2) is 17.6 Å². The Morgan fingerprint density at radius 1 is 1.26 bits per heavy atom. The van der Waals surface area contributed by atoms with E-state index in [1.54, 1.807) is 0 Å². The SMILES string of the molecule is Cc1cc2c(N3CCCCC3C)ccc(N)c2cn1. The molecule has 2 N–H and O–H groups in total. The second kappa shape index (κ2) is 4.72. The molecule has 1 aromatic carbocycles. The van der Waals surface area contributed by atoms with Crippen molar-refractivity contribution in [3.05, 3.63) is 30.1 Å². The lowest BCUT2D eigenvalue weighted by atomic mass is 10.00. The molecule has 0 saturated carbocycles. The molecule has 2 heterocycles. The van der Waals surface area contributed by atoms with Crippen molar-refractivity contribution in [3.63, 3.8) is 0 Å². The van der Waals surface area contributed by atoms with E-state index >= 15 is 0 Å². The lowest BCUT2D eigenvalue weighted by Gasteiger charge is -2.36. The zero-order valence-corrected chi connectivity index (χ0v) is 11.7. The molecule has 19 heavy (non-hydrogen) atoms. The first kappa shape index (κ1) is 12.3. The van der Waals surface area contributed by atoms with Gasteiger partial charge in [-0.2, -0.15) is 0 Å². The summed E-state index contributed by atoms with van der Waals surface area (Å²) in [4.78, 5) is 6.89. The summed E-state index contributed by atoms with van der Waals surface area (Å²) >= 11 is 0. The number of anilines is 2. The Labute approximate surface area is 114 Å². The van der Waals surface area contributed by atoms with Crippen LogP contribution in [0.3, 0.4) is 0 Å². The van der Waals surface area contributed by atoms with Gasteiger partial charge in [0.15, 0.2) is 0 Å². The van der Waals surface area contributed by atoms with Gasteiger partial charge in [0, 0.05) is 46.6 Å². The van der Waals surface area contributed by atoms with Crippen molar-refractivity contribution in [1.82, 2.24) is 4.98 Å². The van der Waals surface area contributed by atoms with Crippen LogP contribution in [0.4, 0.5) is 11.4 Å². The first-order chi connectivity index (χ1) is 9.16. The third-order valence-electron chi connectivity index (χ3n) is 4.16. The Balaban J connectivity index is 2.17. The molecule has 0 amide bonds. The maximum atomic E-state index is 6.08. The summed E-state index contributed by atoms with van der Waals surface area (Å²) in [5, 5.41) is 2.31. The number of piperidine rings is 1. The first-order valence-corrected chi connectivity index (χ1v) is 7.08. The largest absolute Gasteiger partial charge is 0.398 e. The van der Waals surface area contributed by atoms with Gasteiger partial charge in [-0.1, -0.05) is 0 Å². The van der Waals surface area contributed by atoms with Gasteiger partial charge in [-0.15, -0.1) is 0 Å². The maximum absolute atomic E-state index is 6.08. The van der Waals surface area contributed by atoms with Crippen LogP contribution in [0.15, 0.2) is 24.4 Å². The number of nitrogen functional groups attached to an aromatic ring is 1. The van der Waals surface area contributed by atoms with Crippen LogP contribution in [-0.2, 0) is 0 Å². The average molecular weight is 255 g/mol. The fourth-order valence-corrected chi connectivity index (χ4v) is 3.06. The topological polar surface area (TPSA) is 42.1 Å². The predicted molar refractivity (Wildman–Crippen MR) is 81.6 cm³/mol. The third-order valence-corrected chi connectivity index (χ3v) is 4.16. The molecular formula is C16H21N3. The summed E-state index contributed by atoms with van der Waals surface area (Å²) in [7, 11) is 0. The molecule has 3 nitrogen and oxygen atoms in total. The highest BCUT2D eigenvalue weighted by atomic mass is 15.2. The summed E-state index contributed by atoms with van der Waals surface area (Å²) in [5.74, 6) is 0. The molecule has 1 atom stereocenters. The number of hydrogen-bond acceptors (Lipinski definition) is 3. The fourth-order valence-electron chi connectivity index (χ4n) is 3.06. The lowest BCUT2D eigenvalue weighted by molar-refractivity contribution is 0.486. The second-order valence-electron chi connectivity index (χ2n) is 5.58. The highest BCUT2D eigenvalue weighted by Crippen LogP contribution is 2.34. The van der Waals surface area contributed by atoms with Gasteiger partial charge in [-0.05, 0) is 51.3 Å². The number of aromatic nitrogens is 1. The maximum Gasteiger partial charge on any atom is 0.0451 e. The van der Waals surface area contributed by atoms with Crippen molar-refractivity contribution in [1.29, 1.82) is 0 Å². The van der Waals surface area contributed by atoms with Crippen LogP contribution in [0.5, 0.6) is 0 Å². The van der Waals surface area contributed by atoms with Gasteiger partial charge in [-0.3, -0.25) is 4.98 Å². The molecule has 1 saturated heterocycles. The van der Waals surface area contributed by atoms with Gasteiger partial charge in [0.1, 0.15) is 0 Å². The molecule has 1 aromatic heterocycles. The minimum Gasteiger partial charge on any atom is -0.398 e. The molecule has 0 aliphatic carbocycles. The van der Waals surface area contributed by atoms with Crippen molar-refractivity contribution in [2.45, 2.75) is 39.2 Å². The number of nitrogens with two attached hydrogens (primary N) is 1. The van der Waals surface area contributed by atoms with Gasteiger partial charge < -0.3 is 10.6 Å². The van der Waals surface area contributed by atoms with E-state index in [9.17, 15) is 0 Å². The van der Waals surface area contributed by atoms with E-state index in [0.29, 0.717) is 6.04 Å². The molecule has 3 rings (SSSR count). The van der Waals surface area contributed by atoms with Gasteiger partial charge in [-0.25, -0.2) is 0 Å². The van der Waals surface area contributed by atoms with E-state index in [1.807, 2.05) is 19.2 Å². The van der Waals surface area contributed by atoms with Crippen LogP contribution in [0.25, 0.3) is 10.8 Å². The van der Waals surface area contributed by atoms with Crippen LogP contribution in [0, 0.1) is 6.92 Å². The Morgan fingerprint density at radius 2 is 2.11 bits per heavy atom. The van der Waals surface area contributed by atoms with E-state index < -0.39 is 0 Å². The van der Waals surface area contributed by atoms with Crippen LogP contribution >= 0.6 is 0 Å². The van der Waals surface area contributed by atoms with Crippen LogP contribution < -0.4 is 10.6 Å². The standard InChI is InChI=1S/C16H21N3/c1-11-9-13-14(10-18-11)15(17)6-7-16(13)19-8-4-3-5-12(19)2/h6-7,9-10,12H,3-5,8,17H2,1-2H3. The summed E-state index contributed by atoms with van der Waals surface area (Å²) in [6.07, 6.45) is 5.79. The van der Waals surface area contributed by atoms with E-state index in [-0.39, 0.29) is 0 Å². The highest BCUT2D eigenvalue weighted by Gasteiger charge is 2.20. The van der Waals surface area contributed by atoms with Gasteiger partial charge in [0.05, 0.1) is 0 Å². The third kappa shape index (κ3) is 2.14. The van der Waals surface area contributed by atoms with Gasteiger partial charge in [0.25, 0.3) is 0 Å². The van der Waals surface area contributed by atoms with Crippen molar-refractivity contribution >= 4 is 22.1 Å². The average Bonchev–Trinajstić information content (AvgIpc) is 2.40. The molecule has 1 fully saturated rings. The summed E-state index contributed by atoms with van der Waals surface area (Å²) in [5.41, 5.74) is 9.25. The van der Waals surface area contributed by atoms with E-state index in [4.69, 9.17) is 5.73 Å². The number of hydrogen-bond donors (Lipinski definition) is 1. The van der Waals surface area contributed by atoms with Crippen molar-refractivity contribution in [3.8, 4) is 0 Å². The van der Waals surface area contributed by atoms with E-state index in [1.165, 1.54) is 30.3 Å². The zero-order chi connectivity index (χ0) is 13.4. The molecular weight excluding hydrogens is 234 g/mol. The van der Waals surface area contributed by atoms with Crippen LogP contribution in [0.1, 0.15) is 31.9 Å². The normalized spacial score (nSPS) is 19.9. The number of pyridine rings is 1. The number of aryl methyl sites for hydroxylation is 1. The molecule has 0 spiro atoms. The lowest BCUT2D eigenvalue weighted by Crippen LogP contribution is -2.37. The molecule has 1 aliphatic heterocycles.